The predicted molar refractivity (Wildman–Crippen MR) is 336 cm³/mol. The molecule has 0 bridgehead atoms. The van der Waals surface area contributed by atoms with Crippen LogP contribution in [0, 0.1) is 0 Å². The van der Waals surface area contributed by atoms with E-state index in [1.165, 1.54) is 0 Å². The molecule has 0 aliphatic rings. The first-order valence-corrected chi connectivity index (χ1v) is 31.1. The zero-order valence-electron chi connectivity index (χ0n) is 52.4. The minimum atomic E-state index is -1.63. The van der Waals surface area contributed by atoms with Gasteiger partial charge in [-0.05, 0) is 74.6 Å². The van der Waals surface area contributed by atoms with E-state index >= 15 is 0 Å². The Morgan fingerprint density at radius 2 is 1.09 bits per heavy atom. The third-order valence-electron chi connectivity index (χ3n) is 14.3. The fourth-order valence-corrected chi connectivity index (χ4v) is 9.24. The number of hydrogen-bond donors (Lipinski definition) is 15. The number of carbonyl (C=O) groups excluding carboxylic acids is 8. The van der Waals surface area contributed by atoms with E-state index < -0.39 is 127 Å². The van der Waals surface area contributed by atoms with Crippen molar-refractivity contribution in [1.29, 1.82) is 0 Å². The van der Waals surface area contributed by atoms with Crippen LogP contribution in [0.2, 0.25) is 0 Å². The molecule has 34 nitrogen and oxygen atoms in total. The molecule has 0 fully saturated rings. The molecule has 0 saturated carbocycles. The summed E-state index contributed by atoms with van der Waals surface area (Å²) in [5, 5.41) is 71.1. The van der Waals surface area contributed by atoms with Crippen LogP contribution in [0.4, 0.5) is 4.79 Å². The van der Waals surface area contributed by atoms with Gasteiger partial charge in [0.05, 0.1) is 19.2 Å². The number of azide groups is 1. The van der Waals surface area contributed by atoms with E-state index in [0.29, 0.717) is 75.9 Å². The van der Waals surface area contributed by atoms with Gasteiger partial charge in [-0.1, -0.05) is 103 Å². The molecule has 516 valence electrons. The van der Waals surface area contributed by atoms with Crippen molar-refractivity contribution in [1.82, 2.24) is 62.8 Å². The summed E-state index contributed by atoms with van der Waals surface area (Å²) in [4.78, 5) is 154. The first-order chi connectivity index (χ1) is 45.1. The molecule has 0 unspecified atom stereocenters. The number of amides is 9. The predicted octanol–water partition coefficient (Wildman–Crippen LogP) is 0.171. The molecule has 0 aliphatic heterocycles. The molecule has 0 saturated heterocycles. The molecule has 7 atom stereocenters. The Morgan fingerprint density at radius 3 is 1.69 bits per heavy atom. The molecule has 1 aromatic heterocycles. The molecule has 0 spiro atoms. The minimum absolute atomic E-state index is 0.0160. The van der Waals surface area contributed by atoms with Gasteiger partial charge in [0.25, 0.3) is 0 Å². The zero-order chi connectivity index (χ0) is 69.0. The van der Waals surface area contributed by atoms with Crippen LogP contribution in [-0.4, -0.2) is 188 Å². The Labute approximate surface area is 542 Å². The van der Waals surface area contributed by atoms with Crippen LogP contribution in [0.3, 0.4) is 0 Å². The largest absolute Gasteiger partial charge is 0.481 e. The first-order valence-electron chi connectivity index (χ1n) is 31.1. The van der Waals surface area contributed by atoms with Crippen LogP contribution in [0.15, 0.2) is 72.0 Å². The van der Waals surface area contributed by atoms with E-state index in [4.69, 9.17) is 26.8 Å². The number of nitrogens with one attached hydrogen (secondary N) is 9. The van der Waals surface area contributed by atoms with Crippen molar-refractivity contribution >= 4 is 71.3 Å². The Bertz CT molecular complexity index is 2950. The van der Waals surface area contributed by atoms with Crippen molar-refractivity contribution in [3.8, 4) is 0 Å². The lowest BCUT2D eigenvalue weighted by Crippen LogP contribution is -2.58. The molecule has 9 amide bonds. The highest BCUT2D eigenvalue weighted by Gasteiger charge is 2.31. The summed E-state index contributed by atoms with van der Waals surface area (Å²) in [5.41, 5.74) is 22.2. The van der Waals surface area contributed by atoms with E-state index in [2.05, 4.69) is 68.2 Å². The molecule has 0 radical (unpaired) electrons. The van der Waals surface area contributed by atoms with Crippen molar-refractivity contribution < 1.29 is 82.7 Å². The van der Waals surface area contributed by atoms with Crippen LogP contribution >= 0.6 is 0 Å². The van der Waals surface area contributed by atoms with Crippen LogP contribution < -0.4 is 59.3 Å². The Kier molecular flexibility index (Phi) is 37.9. The Morgan fingerprint density at radius 1 is 0.553 bits per heavy atom. The van der Waals surface area contributed by atoms with Crippen molar-refractivity contribution in [2.24, 2.45) is 16.6 Å². The normalized spacial score (nSPS) is 13.1. The highest BCUT2D eigenvalue weighted by Crippen LogP contribution is 2.12. The molecule has 3 rings (SSSR count). The highest BCUT2D eigenvalue weighted by molar-refractivity contribution is 5.94. The second-order valence-corrected chi connectivity index (χ2v) is 22.0. The quantitative estimate of drug-likeness (QED) is 0.0155. The lowest BCUT2D eigenvalue weighted by atomic mass is 10.0. The molecule has 94 heavy (non-hydrogen) atoms. The van der Waals surface area contributed by atoms with Gasteiger partial charge in [-0.3, -0.25) is 47.8 Å². The van der Waals surface area contributed by atoms with E-state index in [1.54, 1.807) is 71.5 Å². The zero-order valence-corrected chi connectivity index (χ0v) is 52.4. The fraction of sp³-hybridized carbons (Fsp3) is 0.567. The topological polar surface area (TPSA) is 535 Å². The number of hydrogen-bond acceptors (Lipinski definition) is 18. The molecule has 3 aromatic rings. The number of aromatic nitrogens is 3. The van der Waals surface area contributed by atoms with Crippen molar-refractivity contribution in [3.05, 3.63) is 94.1 Å². The van der Waals surface area contributed by atoms with Gasteiger partial charge in [-0.2, -0.15) is 0 Å². The van der Waals surface area contributed by atoms with E-state index in [-0.39, 0.29) is 77.1 Å². The Hall–Kier alpha value is -9.79. The van der Waals surface area contributed by atoms with Gasteiger partial charge in [0.2, 0.25) is 41.4 Å². The van der Waals surface area contributed by atoms with Crippen molar-refractivity contribution in [3.63, 3.8) is 0 Å². The second-order valence-electron chi connectivity index (χ2n) is 22.0. The SMILES string of the molecule is [N-]=[N+]=NCCC(=O)N[C@@H](CCCCCN)C(=O)NCCNC(=O)[C@H](CC(=O)O)NC(=O)[C@@H](N)CNC(=O)[C@H](Cc1ccccc1)NC(=O)[C@H](Cc1ccccc1)NC(=O)CCCCCCCOCc1cn(CCCC[C@H](NC(=O)N[C@@H](CCC(=O)O)C(=O)O)C(=O)O)nn1. The summed E-state index contributed by atoms with van der Waals surface area (Å²) in [6, 6.07) is 7.31. The number of nitrogens with two attached hydrogens (primary N) is 2. The number of rotatable bonds is 50. The van der Waals surface area contributed by atoms with E-state index in [9.17, 15) is 72.9 Å². The molecule has 34 heteroatoms. The molecule has 17 N–H and O–H groups in total. The number of carbonyl (C=O) groups is 12. The van der Waals surface area contributed by atoms with Crippen LogP contribution in [-0.2, 0) is 83.5 Å². The van der Waals surface area contributed by atoms with Gasteiger partial charge in [0, 0.05) is 76.3 Å². The number of aliphatic carboxylic acids is 4. The summed E-state index contributed by atoms with van der Waals surface area (Å²) in [6.07, 6.45) is 6.58. The molecule has 2 aromatic carbocycles. The minimum Gasteiger partial charge on any atom is -0.481 e. The number of ether oxygens (including phenoxy) is 1. The van der Waals surface area contributed by atoms with Gasteiger partial charge in [-0.25, -0.2) is 14.4 Å². The summed E-state index contributed by atoms with van der Waals surface area (Å²) in [5.74, 6) is -10.3. The van der Waals surface area contributed by atoms with Crippen LogP contribution in [0.5, 0.6) is 0 Å². The third kappa shape index (κ3) is 34.0. The van der Waals surface area contributed by atoms with E-state index in [1.807, 2.05) is 0 Å². The molecule has 0 aliphatic carbocycles. The van der Waals surface area contributed by atoms with Gasteiger partial charge in [0.15, 0.2) is 0 Å². The number of benzene rings is 2. The molecular formula is C60H89N17O17. The number of unbranched alkanes of at least 4 members (excludes halogenated alkanes) is 7. The summed E-state index contributed by atoms with van der Waals surface area (Å²) in [6.45, 7) is 0.471. The van der Waals surface area contributed by atoms with Gasteiger partial charge < -0.3 is 84.5 Å². The number of carboxylic acids is 4. The highest BCUT2D eigenvalue weighted by atomic mass is 16.5. The number of aryl methyl sites for hydroxylation is 1. The van der Waals surface area contributed by atoms with Gasteiger partial charge in [0.1, 0.15) is 48.0 Å². The summed E-state index contributed by atoms with van der Waals surface area (Å²) in [7, 11) is 0. The van der Waals surface area contributed by atoms with Crippen molar-refractivity contribution in [2.75, 3.05) is 39.3 Å². The maximum atomic E-state index is 14.2. The summed E-state index contributed by atoms with van der Waals surface area (Å²) >= 11 is 0. The monoisotopic (exact) mass is 1320 g/mol. The lowest BCUT2D eigenvalue weighted by Gasteiger charge is -2.24. The second kappa shape index (κ2) is 45.5. The molecular weight excluding hydrogens is 1230 g/mol. The number of carboxylic acid groups (broad SMARTS) is 4. The molecule has 1 heterocycles. The first kappa shape index (κ1) is 78.5. The fourth-order valence-electron chi connectivity index (χ4n) is 9.24. The van der Waals surface area contributed by atoms with E-state index in [0.717, 1.165) is 24.8 Å². The maximum absolute atomic E-state index is 14.2. The maximum Gasteiger partial charge on any atom is 0.326 e. The lowest BCUT2D eigenvalue weighted by molar-refractivity contribution is -0.141. The van der Waals surface area contributed by atoms with Gasteiger partial charge >= 0.3 is 29.9 Å². The van der Waals surface area contributed by atoms with Gasteiger partial charge in [-0.15, -0.1) is 5.10 Å². The van der Waals surface area contributed by atoms with Crippen LogP contribution in [0.25, 0.3) is 10.4 Å². The standard InChI is InChI=1S/C60H89N17O17/c61-27-14-6-11-21-43(68-50(79)26-28-67-75-63)54(85)64-29-30-65-55(86)48(35-52(82)83)70-53(84)42(62)36-66-56(87)46(33-39-17-7-4-8-18-39)71-57(88)47(34-40-19-9-5-10-20-40)69-49(78)23-12-2-1-3-16-32-94-38-41-37-77(76-74-41)31-15-13-22-44(58(89)90)72-60(93)73-45(59(91)92)24-25-51(80)81/h4-5,7-10,17-20,37,42-48H,1-3,6,11-16,21-36,38,61-62H2,(H,64,85)(H,65,86)(H,66,87)(H,68,79)(H,69,78)(H,70,84)(H,71,88)(H,80,81)(H,82,83)(H,89,90)(H,91,92)(H2,72,73,93)/t42-,43-,44-,45-,46-,47-,48-/m0/s1. The average molecular weight is 1320 g/mol. The summed E-state index contributed by atoms with van der Waals surface area (Å²) < 4.78 is 7.34. The van der Waals surface area contributed by atoms with Crippen LogP contribution in [0.1, 0.15) is 126 Å². The number of nitrogens with zero attached hydrogens (tertiary/aromatic N) is 6. The Balaban J connectivity index is 1.48. The number of urea groups is 1. The van der Waals surface area contributed by atoms with Crippen molar-refractivity contribution in [2.45, 2.75) is 177 Å². The third-order valence-corrected chi connectivity index (χ3v) is 14.3. The smallest absolute Gasteiger partial charge is 0.326 e. The average Bonchev–Trinajstić information content (AvgIpc) is 1.18.